The molecule has 1 heterocycles. The highest BCUT2D eigenvalue weighted by atomic mass is 16.2. The van der Waals surface area contributed by atoms with E-state index in [9.17, 15) is 14.4 Å². The predicted molar refractivity (Wildman–Crippen MR) is 105 cm³/mol. The van der Waals surface area contributed by atoms with Gasteiger partial charge in [0.05, 0.1) is 0 Å². The lowest BCUT2D eigenvalue weighted by atomic mass is 9.70. The Morgan fingerprint density at radius 1 is 1.21 bits per heavy atom. The van der Waals surface area contributed by atoms with Crippen molar-refractivity contribution in [2.45, 2.75) is 84.1 Å². The maximum atomic E-state index is 12.6. The predicted octanol–water partition coefficient (Wildman–Crippen LogP) is 2.95. The fourth-order valence-corrected chi connectivity index (χ4v) is 5.88. The van der Waals surface area contributed by atoms with Crippen molar-refractivity contribution >= 4 is 23.6 Å². The summed E-state index contributed by atoms with van der Waals surface area (Å²) in [6.07, 6.45) is 7.44. The van der Waals surface area contributed by atoms with Crippen LogP contribution in [0.15, 0.2) is 5.10 Å². The number of hydrazone groups is 1. The normalized spacial score (nSPS) is 33.9. The second kappa shape index (κ2) is 6.56. The third kappa shape index (κ3) is 2.77. The lowest BCUT2D eigenvalue weighted by molar-refractivity contribution is -0.131. The van der Waals surface area contributed by atoms with Crippen LogP contribution in [0.1, 0.15) is 78.6 Å². The highest BCUT2D eigenvalue weighted by Gasteiger charge is 2.60. The van der Waals surface area contributed by atoms with Gasteiger partial charge in [0.15, 0.2) is 0 Å². The summed E-state index contributed by atoms with van der Waals surface area (Å²) in [5, 5.41) is 7.34. The van der Waals surface area contributed by atoms with Crippen LogP contribution in [0.2, 0.25) is 0 Å². The number of carbonyl (C=O) groups excluding carboxylic acids is 3. The number of fused-ring (bicyclic) bond motifs is 2. The summed E-state index contributed by atoms with van der Waals surface area (Å²) in [7, 11) is 0. The van der Waals surface area contributed by atoms with Crippen molar-refractivity contribution < 1.29 is 14.4 Å². The Balaban J connectivity index is 1.27. The minimum absolute atomic E-state index is 0.0700. The first-order valence-electron chi connectivity index (χ1n) is 10.7. The van der Waals surface area contributed by atoms with Gasteiger partial charge >= 0.3 is 6.03 Å². The van der Waals surface area contributed by atoms with Crippen molar-refractivity contribution in [3.8, 4) is 0 Å². The van der Waals surface area contributed by atoms with Crippen molar-refractivity contribution in [3.05, 3.63) is 0 Å². The van der Waals surface area contributed by atoms with Crippen molar-refractivity contribution in [2.24, 2.45) is 21.8 Å². The monoisotopic (exact) mass is 388 g/mol. The number of hydrogen-bond donors (Lipinski definition) is 2. The standard InChI is InChI=1S/C21H32N4O3/c1-19(2)14-8-11-20(19,3)15(13-14)23-24-16(26)7-6-12-25-17(27)21(22-18(25)28)9-4-5-10-21/h14H,4-13H2,1-3H3,(H,22,28)(H,24,26)/b23-15+/t14-,20+/m0/s1. The largest absolute Gasteiger partial charge is 0.325 e. The Bertz CT molecular complexity index is 738. The summed E-state index contributed by atoms with van der Waals surface area (Å²) >= 11 is 0. The summed E-state index contributed by atoms with van der Waals surface area (Å²) in [6, 6.07) is -0.315. The Morgan fingerprint density at radius 3 is 2.54 bits per heavy atom. The fraction of sp³-hybridized carbons (Fsp3) is 0.810. The first-order chi connectivity index (χ1) is 13.2. The van der Waals surface area contributed by atoms with Crippen molar-refractivity contribution in [1.82, 2.24) is 15.6 Å². The van der Waals surface area contributed by atoms with Crippen LogP contribution in [0.3, 0.4) is 0 Å². The van der Waals surface area contributed by atoms with Gasteiger partial charge in [-0.2, -0.15) is 5.10 Å². The summed E-state index contributed by atoms with van der Waals surface area (Å²) in [4.78, 5) is 38.3. The number of nitrogens with one attached hydrogen (secondary N) is 2. The SMILES string of the molecule is CC1(C)[C@H]2CC[C@]1(C)/C(=N/NC(=O)CCCN1C(=O)NC3(CCCC3)C1=O)C2. The molecule has 2 bridgehead atoms. The number of amides is 4. The Kier molecular flexibility index (Phi) is 4.55. The third-order valence-electron chi connectivity index (χ3n) is 8.32. The van der Waals surface area contributed by atoms with E-state index in [1.807, 2.05) is 0 Å². The van der Waals surface area contributed by atoms with Crippen molar-refractivity contribution in [2.75, 3.05) is 6.54 Å². The van der Waals surface area contributed by atoms with Gasteiger partial charge in [0.25, 0.3) is 5.91 Å². The zero-order valence-electron chi connectivity index (χ0n) is 17.3. The Morgan fingerprint density at radius 2 is 1.93 bits per heavy atom. The molecule has 4 amide bonds. The molecule has 2 atom stereocenters. The van der Waals surface area contributed by atoms with Crippen LogP contribution in [0.5, 0.6) is 0 Å². The first kappa shape index (κ1) is 19.4. The minimum Gasteiger partial charge on any atom is -0.323 e. The molecule has 154 valence electrons. The van der Waals surface area contributed by atoms with Gasteiger partial charge in [-0.3, -0.25) is 14.5 Å². The maximum Gasteiger partial charge on any atom is 0.325 e. The highest BCUT2D eigenvalue weighted by molar-refractivity contribution is 6.07. The average molecular weight is 389 g/mol. The molecule has 0 aromatic rings. The zero-order valence-corrected chi connectivity index (χ0v) is 17.3. The summed E-state index contributed by atoms with van der Waals surface area (Å²) in [6.45, 7) is 7.17. The topological polar surface area (TPSA) is 90.9 Å². The summed E-state index contributed by atoms with van der Waals surface area (Å²) in [5.41, 5.74) is 3.46. The molecule has 0 aromatic carbocycles. The van der Waals surface area contributed by atoms with E-state index in [-0.39, 0.29) is 41.6 Å². The Hall–Kier alpha value is -1.92. The number of carbonyl (C=O) groups is 3. The van der Waals surface area contributed by atoms with Crippen LogP contribution >= 0.6 is 0 Å². The van der Waals surface area contributed by atoms with Crippen LogP contribution in [0, 0.1) is 16.7 Å². The van der Waals surface area contributed by atoms with Crippen LogP contribution in [-0.4, -0.2) is 40.5 Å². The molecule has 4 fully saturated rings. The molecule has 28 heavy (non-hydrogen) atoms. The van der Waals surface area contributed by atoms with Crippen molar-refractivity contribution in [3.63, 3.8) is 0 Å². The van der Waals surface area contributed by atoms with E-state index >= 15 is 0 Å². The van der Waals surface area contributed by atoms with Gasteiger partial charge in [-0.15, -0.1) is 0 Å². The van der Waals surface area contributed by atoms with Crippen LogP contribution in [-0.2, 0) is 9.59 Å². The number of imide groups is 1. The van der Waals surface area contributed by atoms with E-state index < -0.39 is 5.54 Å². The van der Waals surface area contributed by atoms with Gasteiger partial charge in [0, 0.05) is 24.1 Å². The van der Waals surface area contributed by atoms with Crippen LogP contribution in [0.25, 0.3) is 0 Å². The molecule has 0 radical (unpaired) electrons. The zero-order chi connectivity index (χ0) is 20.2. The van der Waals surface area contributed by atoms with E-state index in [0.29, 0.717) is 12.3 Å². The number of rotatable bonds is 5. The molecular weight excluding hydrogens is 356 g/mol. The van der Waals surface area contributed by atoms with Gasteiger partial charge in [0.1, 0.15) is 5.54 Å². The molecule has 1 aliphatic heterocycles. The molecule has 1 saturated heterocycles. The second-order valence-corrected chi connectivity index (χ2v) is 9.87. The lowest BCUT2D eigenvalue weighted by Crippen LogP contribution is -2.44. The molecule has 0 unspecified atom stereocenters. The quantitative estimate of drug-likeness (QED) is 0.560. The van der Waals surface area contributed by atoms with Gasteiger partial charge in [-0.1, -0.05) is 33.6 Å². The molecular formula is C21H32N4O3. The molecule has 1 spiro atoms. The molecule has 4 rings (SSSR count). The highest BCUT2D eigenvalue weighted by Crippen LogP contribution is 2.63. The van der Waals surface area contributed by atoms with E-state index in [2.05, 4.69) is 36.6 Å². The van der Waals surface area contributed by atoms with Gasteiger partial charge < -0.3 is 5.32 Å². The third-order valence-corrected chi connectivity index (χ3v) is 8.32. The minimum atomic E-state index is -0.671. The van der Waals surface area contributed by atoms with E-state index in [1.165, 1.54) is 11.3 Å². The molecule has 3 saturated carbocycles. The molecule has 2 N–H and O–H groups in total. The Labute approximate surface area is 166 Å². The molecule has 7 nitrogen and oxygen atoms in total. The summed E-state index contributed by atoms with van der Waals surface area (Å²) in [5.74, 6) is 0.378. The van der Waals surface area contributed by atoms with Gasteiger partial charge in [-0.25, -0.2) is 10.2 Å². The molecule has 4 aliphatic rings. The molecule has 3 aliphatic carbocycles. The van der Waals surface area contributed by atoms with Gasteiger partial charge in [-0.05, 0) is 49.9 Å². The summed E-state index contributed by atoms with van der Waals surface area (Å²) < 4.78 is 0. The van der Waals surface area contributed by atoms with E-state index in [0.717, 1.165) is 44.2 Å². The van der Waals surface area contributed by atoms with E-state index in [4.69, 9.17) is 0 Å². The number of nitrogens with zero attached hydrogens (tertiary/aromatic N) is 2. The molecule has 0 aromatic heterocycles. The van der Waals surface area contributed by atoms with Crippen molar-refractivity contribution in [1.29, 1.82) is 0 Å². The fourth-order valence-electron chi connectivity index (χ4n) is 5.88. The smallest absolute Gasteiger partial charge is 0.323 e. The first-order valence-corrected chi connectivity index (χ1v) is 10.7. The van der Waals surface area contributed by atoms with E-state index in [1.54, 1.807) is 0 Å². The van der Waals surface area contributed by atoms with Crippen LogP contribution < -0.4 is 10.7 Å². The maximum absolute atomic E-state index is 12.6. The molecule has 7 heteroatoms. The number of hydrogen-bond acceptors (Lipinski definition) is 4. The second-order valence-electron chi connectivity index (χ2n) is 9.87. The number of urea groups is 1. The van der Waals surface area contributed by atoms with Crippen LogP contribution in [0.4, 0.5) is 4.79 Å². The lowest BCUT2D eigenvalue weighted by Gasteiger charge is -2.34. The van der Waals surface area contributed by atoms with Gasteiger partial charge in [0.2, 0.25) is 5.91 Å². The average Bonchev–Trinajstić information content (AvgIpc) is 3.31.